The van der Waals surface area contributed by atoms with Crippen LogP contribution in [0.3, 0.4) is 0 Å². The zero-order valence-corrected chi connectivity index (χ0v) is 22.6. The second kappa shape index (κ2) is 11.0. The first-order chi connectivity index (χ1) is 15.2. The number of carbonyl (C=O) groups excluding carboxylic acids is 3. The van der Waals surface area contributed by atoms with Gasteiger partial charge in [-0.05, 0) is 98.9 Å². The molecule has 0 aliphatic carbocycles. The first kappa shape index (κ1) is 25.0. The molecule has 0 spiro atoms. The molecule has 1 aliphatic heterocycles. The minimum absolute atomic E-state index is 0.174. The van der Waals surface area contributed by atoms with Crippen molar-refractivity contribution in [2.24, 2.45) is 0 Å². The fraction of sp³-hybridized carbons (Fsp3) is 0.227. The molecule has 168 valence electrons. The largest absolute Gasteiger partial charge is 0.487 e. The summed E-state index contributed by atoms with van der Waals surface area (Å²) in [6, 6.07) is 10.4. The number of ether oxygens (including phenoxy) is 2. The molecule has 0 radical (unpaired) electrons. The summed E-state index contributed by atoms with van der Waals surface area (Å²) < 4.78 is 13.2. The third-order valence-electron chi connectivity index (χ3n) is 4.45. The molecule has 1 saturated heterocycles. The van der Waals surface area contributed by atoms with Gasteiger partial charge < -0.3 is 9.47 Å². The molecule has 0 unspecified atom stereocenters. The Hall–Kier alpha value is -1.62. The van der Waals surface area contributed by atoms with Gasteiger partial charge in [-0.25, -0.2) is 4.79 Å². The van der Waals surface area contributed by atoms with Gasteiger partial charge in [0, 0.05) is 4.47 Å². The Morgan fingerprint density at radius 2 is 1.75 bits per heavy atom. The molecule has 1 heterocycles. The molecule has 32 heavy (non-hydrogen) atoms. The second-order valence-electron chi connectivity index (χ2n) is 6.71. The first-order valence-electron chi connectivity index (χ1n) is 9.51. The van der Waals surface area contributed by atoms with Crippen molar-refractivity contribution in [1.82, 2.24) is 4.90 Å². The van der Waals surface area contributed by atoms with E-state index in [1.165, 1.54) is 6.92 Å². The Morgan fingerprint density at radius 1 is 1.12 bits per heavy atom. The van der Waals surface area contributed by atoms with Crippen molar-refractivity contribution in [3.8, 4) is 5.75 Å². The van der Waals surface area contributed by atoms with Gasteiger partial charge in [-0.3, -0.25) is 14.5 Å². The maximum atomic E-state index is 12.7. The van der Waals surface area contributed by atoms with Crippen LogP contribution < -0.4 is 4.74 Å². The Morgan fingerprint density at radius 3 is 2.34 bits per heavy atom. The van der Waals surface area contributed by atoms with Gasteiger partial charge in [0.15, 0.2) is 0 Å². The van der Waals surface area contributed by atoms with Crippen molar-refractivity contribution in [2.45, 2.75) is 26.5 Å². The van der Waals surface area contributed by atoms with Crippen molar-refractivity contribution >= 4 is 82.7 Å². The molecule has 6 nitrogen and oxygen atoms in total. The zero-order valence-electron chi connectivity index (χ0n) is 17.1. The maximum Gasteiger partial charge on any atom is 0.329 e. The van der Waals surface area contributed by atoms with Crippen molar-refractivity contribution in [2.75, 3.05) is 6.61 Å². The standard InChI is InChI=1S/C22H18Br3NO5S/c1-3-30-21(28)12(2)26-20(27)18(32-22(26)29)10-14-8-16(24)19(17(25)9-14)31-11-13-4-6-15(23)7-5-13/h4-10,12H,3,11H2,1-2H3/b18-10+/t12-/m1/s1. The zero-order chi connectivity index (χ0) is 23.4. The van der Waals surface area contributed by atoms with Crippen LogP contribution in [0.1, 0.15) is 25.0 Å². The lowest BCUT2D eigenvalue weighted by atomic mass is 10.2. The lowest BCUT2D eigenvalue weighted by Gasteiger charge is -2.19. The first-order valence-corrected chi connectivity index (χ1v) is 12.7. The molecular weight excluding hydrogens is 630 g/mol. The Balaban J connectivity index is 1.77. The number of hydrogen-bond acceptors (Lipinski definition) is 6. The predicted octanol–water partition coefficient (Wildman–Crippen LogP) is 6.54. The number of halogens is 3. The van der Waals surface area contributed by atoms with Gasteiger partial charge in [-0.15, -0.1) is 0 Å². The SMILES string of the molecule is CCOC(=O)[C@@H](C)N1C(=O)S/C(=C/c2cc(Br)c(OCc3ccc(Br)cc3)c(Br)c2)C1=O. The second-order valence-corrected chi connectivity index (χ2v) is 10.3. The highest BCUT2D eigenvalue weighted by Gasteiger charge is 2.41. The number of hydrogen-bond donors (Lipinski definition) is 0. The third-order valence-corrected chi connectivity index (χ3v) is 7.04. The third kappa shape index (κ3) is 5.84. The number of nitrogens with zero attached hydrogens (tertiary/aromatic N) is 1. The van der Waals surface area contributed by atoms with E-state index >= 15 is 0 Å². The number of esters is 1. The molecule has 1 aliphatic rings. The quantitative estimate of drug-likeness (QED) is 0.251. The van der Waals surface area contributed by atoms with Crippen LogP contribution >= 0.6 is 59.6 Å². The van der Waals surface area contributed by atoms with E-state index in [1.54, 1.807) is 25.1 Å². The molecule has 2 amide bonds. The number of imide groups is 1. The van der Waals surface area contributed by atoms with Gasteiger partial charge in [0.25, 0.3) is 11.1 Å². The highest BCUT2D eigenvalue weighted by atomic mass is 79.9. The van der Waals surface area contributed by atoms with Gasteiger partial charge in [-0.1, -0.05) is 28.1 Å². The van der Waals surface area contributed by atoms with E-state index in [2.05, 4.69) is 47.8 Å². The number of rotatable bonds is 7. The molecule has 3 rings (SSSR count). The van der Waals surface area contributed by atoms with E-state index in [-0.39, 0.29) is 11.5 Å². The Labute approximate surface area is 215 Å². The summed E-state index contributed by atoms with van der Waals surface area (Å²) in [7, 11) is 0. The average Bonchev–Trinajstić information content (AvgIpc) is 3.01. The van der Waals surface area contributed by atoms with Crippen LogP contribution in [0.2, 0.25) is 0 Å². The molecule has 10 heteroatoms. The molecule has 2 aromatic carbocycles. The van der Waals surface area contributed by atoms with Crippen LogP contribution in [-0.2, 0) is 20.9 Å². The topological polar surface area (TPSA) is 72.9 Å². The van der Waals surface area contributed by atoms with E-state index in [9.17, 15) is 14.4 Å². The number of thioether (sulfide) groups is 1. The van der Waals surface area contributed by atoms with E-state index in [4.69, 9.17) is 9.47 Å². The lowest BCUT2D eigenvalue weighted by molar-refractivity contribution is -0.150. The molecule has 1 atom stereocenters. The predicted molar refractivity (Wildman–Crippen MR) is 134 cm³/mol. The molecule has 0 saturated carbocycles. The van der Waals surface area contributed by atoms with E-state index in [0.717, 1.165) is 26.7 Å². The van der Waals surface area contributed by atoms with Crippen LogP contribution in [0, 0.1) is 0 Å². The van der Waals surface area contributed by atoms with Crippen molar-refractivity contribution < 1.29 is 23.9 Å². The minimum atomic E-state index is -0.985. The molecule has 1 fully saturated rings. The monoisotopic (exact) mass is 645 g/mol. The fourth-order valence-electron chi connectivity index (χ4n) is 2.87. The number of benzene rings is 2. The Kier molecular flexibility index (Phi) is 8.60. The van der Waals surface area contributed by atoms with Crippen LogP contribution in [0.4, 0.5) is 4.79 Å². The molecule has 0 N–H and O–H groups in total. The fourth-order valence-corrected chi connectivity index (χ4v) is 5.49. The molecular formula is C22H18Br3NO5S. The number of amides is 2. The summed E-state index contributed by atoms with van der Waals surface area (Å²) in [5.41, 5.74) is 1.70. The van der Waals surface area contributed by atoms with Gasteiger partial charge >= 0.3 is 5.97 Å². The van der Waals surface area contributed by atoms with E-state index in [1.807, 2.05) is 24.3 Å². The summed E-state index contributed by atoms with van der Waals surface area (Å²) in [5.74, 6) is -0.522. The molecule has 2 aromatic rings. The maximum absolute atomic E-state index is 12.7. The van der Waals surface area contributed by atoms with E-state index in [0.29, 0.717) is 26.9 Å². The summed E-state index contributed by atoms with van der Waals surface area (Å²) in [4.78, 5) is 38.2. The summed E-state index contributed by atoms with van der Waals surface area (Å²) in [5, 5.41) is -0.505. The minimum Gasteiger partial charge on any atom is -0.487 e. The van der Waals surface area contributed by atoms with E-state index < -0.39 is 23.2 Å². The van der Waals surface area contributed by atoms with Gasteiger partial charge in [0.2, 0.25) is 0 Å². The highest BCUT2D eigenvalue weighted by molar-refractivity contribution is 9.11. The van der Waals surface area contributed by atoms with Gasteiger partial charge in [0.05, 0.1) is 20.5 Å². The normalized spacial score (nSPS) is 15.9. The number of carbonyl (C=O) groups is 3. The average molecular weight is 648 g/mol. The molecule has 0 bridgehead atoms. The van der Waals surface area contributed by atoms with Crippen molar-refractivity contribution in [1.29, 1.82) is 0 Å². The van der Waals surface area contributed by atoms with Gasteiger partial charge in [-0.2, -0.15) is 0 Å². The van der Waals surface area contributed by atoms with Crippen LogP contribution in [0.5, 0.6) is 5.75 Å². The van der Waals surface area contributed by atoms with Gasteiger partial charge in [0.1, 0.15) is 18.4 Å². The summed E-state index contributed by atoms with van der Waals surface area (Å²) in [6.07, 6.45) is 1.61. The summed E-state index contributed by atoms with van der Waals surface area (Å²) >= 11 is 11.2. The Bertz CT molecular complexity index is 1060. The smallest absolute Gasteiger partial charge is 0.329 e. The lowest BCUT2D eigenvalue weighted by Crippen LogP contribution is -2.42. The van der Waals surface area contributed by atoms with Crippen LogP contribution in [0.25, 0.3) is 6.08 Å². The van der Waals surface area contributed by atoms with Crippen LogP contribution in [0.15, 0.2) is 54.7 Å². The molecule has 0 aromatic heterocycles. The van der Waals surface area contributed by atoms with Crippen molar-refractivity contribution in [3.63, 3.8) is 0 Å². The van der Waals surface area contributed by atoms with Crippen molar-refractivity contribution in [3.05, 3.63) is 65.8 Å². The highest BCUT2D eigenvalue weighted by Crippen LogP contribution is 2.38. The van der Waals surface area contributed by atoms with Crippen LogP contribution in [-0.4, -0.2) is 34.7 Å². The summed E-state index contributed by atoms with van der Waals surface area (Å²) in [6.45, 7) is 3.70.